The second-order valence-electron chi connectivity index (χ2n) is 12.1. The molecule has 274 valence electrons. The zero-order chi connectivity index (χ0) is 37.8. The lowest BCUT2D eigenvalue weighted by atomic mass is 9.90. The van der Waals surface area contributed by atoms with E-state index in [2.05, 4.69) is 4.90 Å². The Hall–Kier alpha value is -4.61. The Labute approximate surface area is 303 Å². The third kappa shape index (κ3) is 9.24. The zero-order valence-electron chi connectivity index (χ0n) is 28.2. The third-order valence-electron chi connectivity index (χ3n) is 8.63. The van der Waals surface area contributed by atoms with E-state index in [9.17, 15) is 44.0 Å². The molecule has 4 aromatic carbocycles. The van der Waals surface area contributed by atoms with Gasteiger partial charge in [-0.1, -0.05) is 67.6 Å². The van der Waals surface area contributed by atoms with Gasteiger partial charge in [0, 0.05) is 43.0 Å². The SMILES string of the molecule is CCN(Cc1cccc(S(=O)(=O)O)c1)c1ccc(C(=C2C=CC(N(CC)Cc3cccc(S(=O)(=O)O)c3)C=C2)c2ccc(O)cc2S(=O)(=O)O)cc1. The maximum absolute atomic E-state index is 12.6. The largest absolute Gasteiger partial charge is 0.508 e. The van der Waals surface area contributed by atoms with Gasteiger partial charge in [-0.3, -0.25) is 18.6 Å². The molecule has 0 amide bonds. The minimum absolute atomic E-state index is 0.152. The molecule has 15 heteroatoms. The topological polar surface area (TPSA) is 190 Å². The molecule has 0 aliphatic heterocycles. The van der Waals surface area contributed by atoms with Crippen molar-refractivity contribution in [2.45, 2.75) is 47.7 Å². The maximum atomic E-state index is 12.6. The minimum Gasteiger partial charge on any atom is -0.508 e. The fraction of sp³-hybridized carbons (Fsp3) is 0.189. The predicted molar refractivity (Wildman–Crippen MR) is 198 cm³/mol. The van der Waals surface area contributed by atoms with E-state index in [4.69, 9.17) is 0 Å². The average molecular weight is 767 g/mol. The van der Waals surface area contributed by atoms with Crippen LogP contribution in [-0.4, -0.2) is 68.0 Å². The van der Waals surface area contributed by atoms with Gasteiger partial charge in [-0.15, -0.1) is 0 Å². The van der Waals surface area contributed by atoms with Crippen molar-refractivity contribution >= 4 is 41.6 Å². The van der Waals surface area contributed by atoms with Gasteiger partial charge in [-0.25, -0.2) is 0 Å². The molecule has 1 aliphatic carbocycles. The molecule has 0 radical (unpaired) electrons. The first kappa shape index (κ1) is 38.6. The van der Waals surface area contributed by atoms with Gasteiger partial charge < -0.3 is 10.0 Å². The van der Waals surface area contributed by atoms with E-state index in [0.29, 0.717) is 54.0 Å². The van der Waals surface area contributed by atoms with Crippen LogP contribution in [0.4, 0.5) is 5.69 Å². The lowest BCUT2D eigenvalue weighted by Gasteiger charge is -2.28. The number of hydrogen-bond donors (Lipinski definition) is 4. The van der Waals surface area contributed by atoms with Gasteiger partial charge in [0.25, 0.3) is 30.4 Å². The van der Waals surface area contributed by atoms with Crippen LogP contribution in [0, 0.1) is 0 Å². The Kier molecular flexibility index (Phi) is 11.6. The minimum atomic E-state index is -4.78. The summed E-state index contributed by atoms with van der Waals surface area (Å²) in [7, 11) is -13.5. The first-order chi connectivity index (χ1) is 24.5. The first-order valence-corrected chi connectivity index (χ1v) is 20.4. The van der Waals surface area contributed by atoms with Crippen molar-refractivity contribution in [3.63, 3.8) is 0 Å². The van der Waals surface area contributed by atoms with E-state index in [0.717, 1.165) is 11.8 Å². The van der Waals surface area contributed by atoms with Crippen LogP contribution in [0.25, 0.3) is 5.57 Å². The van der Waals surface area contributed by atoms with Crippen LogP contribution < -0.4 is 4.90 Å². The smallest absolute Gasteiger partial charge is 0.295 e. The molecule has 0 saturated heterocycles. The number of allylic oxidation sites excluding steroid dienone is 3. The highest BCUT2D eigenvalue weighted by Gasteiger charge is 2.24. The molecule has 0 atom stereocenters. The summed E-state index contributed by atoms with van der Waals surface area (Å²) in [6.45, 7) is 5.72. The van der Waals surface area contributed by atoms with Crippen LogP contribution in [0.15, 0.2) is 136 Å². The molecule has 0 saturated carbocycles. The fourth-order valence-corrected chi connectivity index (χ4v) is 7.88. The lowest BCUT2D eigenvalue weighted by molar-refractivity contribution is 0.263. The molecular formula is C37H38N2O10S3. The first-order valence-electron chi connectivity index (χ1n) is 16.1. The van der Waals surface area contributed by atoms with Gasteiger partial charge in [0.05, 0.1) is 9.79 Å². The summed E-state index contributed by atoms with van der Waals surface area (Å²) in [6, 6.07) is 22.8. The predicted octanol–water partition coefficient (Wildman–Crippen LogP) is 5.98. The van der Waals surface area contributed by atoms with Crippen molar-refractivity contribution in [1.82, 2.24) is 4.90 Å². The molecule has 0 aromatic heterocycles. The normalized spacial score (nSPS) is 14.9. The molecule has 1 aliphatic rings. The number of phenolic OH excluding ortho intramolecular Hbond substituents is 1. The molecule has 5 rings (SSSR count). The second-order valence-corrected chi connectivity index (χ2v) is 16.3. The Morgan fingerprint density at radius 1 is 0.654 bits per heavy atom. The number of hydrogen-bond acceptors (Lipinski definition) is 9. The van der Waals surface area contributed by atoms with Crippen molar-refractivity contribution in [2.75, 3.05) is 18.0 Å². The number of benzene rings is 4. The fourth-order valence-electron chi connectivity index (χ4n) is 6.06. The molecule has 0 fully saturated rings. The van der Waals surface area contributed by atoms with Crippen molar-refractivity contribution < 1.29 is 44.0 Å². The number of aromatic hydroxyl groups is 1. The maximum Gasteiger partial charge on any atom is 0.295 e. The standard InChI is InChI=1S/C37H38N2O10S3/c1-3-38(24-26-7-5-9-33(21-26)50(41,42)43)30-15-11-28(12-16-30)37(35-20-19-32(40)23-36(35)52(47,48)49)29-13-17-31(18-14-29)39(4-2)25-27-8-6-10-34(22-27)51(44,45)46/h5-23,30,40H,3-4,24-25H2,1-2H3,(H,41,42,43)(H,44,45,46)(H,47,48,49). The summed E-state index contributed by atoms with van der Waals surface area (Å²) < 4.78 is 101. The monoisotopic (exact) mass is 766 g/mol. The van der Waals surface area contributed by atoms with Crippen LogP contribution in [0.5, 0.6) is 5.75 Å². The highest BCUT2D eigenvalue weighted by molar-refractivity contribution is 7.86. The molecular weight excluding hydrogens is 729 g/mol. The summed E-state index contributed by atoms with van der Waals surface area (Å²) in [5.41, 5.74) is 3.93. The van der Waals surface area contributed by atoms with E-state index >= 15 is 0 Å². The van der Waals surface area contributed by atoms with Crippen molar-refractivity contribution in [2.24, 2.45) is 0 Å². The third-order valence-corrected chi connectivity index (χ3v) is 11.2. The molecule has 0 unspecified atom stereocenters. The van der Waals surface area contributed by atoms with Crippen molar-refractivity contribution in [1.29, 1.82) is 0 Å². The average Bonchev–Trinajstić information content (AvgIpc) is 3.10. The van der Waals surface area contributed by atoms with Gasteiger partial charge in [0.1, 0.15) is 10.6 Å². The van der Waals surface area contributed by atoms with Crippen LogP contribution in [0.1, 0.15) is 36.1 Å². The van der Waals surface area contributed by atoms with Gasteiger partial charge in [-0.2, -0.15) is 25.3 Å². The lowest BCUT2D eigenvalue weighted by Crippen LogP contribution is -2.32. The zero-order valence-corrected chi connectivity index (χ0v) is 30.7. The summed E-state index contributed by atoms with van der Waals surface area (Å²) in [6.07, 6.45) is 7.47. The van der Waals surface area contributed by atoms with Gasteiger partial charge >= 0.3 is 0 Å². The number of rotatable bonds is 13. The van der Waals surface area contributed by atoms with E-state index in [1.165, 1.54) is 36.4 Å². The molecule has 0 spiro atoms. The summed E-state index contributed by atoms with van der Waals surface area (Å²) >= 11 is 0. The van der Waals surface area contributed by atoms with Crippen molar-refractivity contribution in [3.05, 3.63) is 143 Å². The van der Waals surface area contributed by atoms with E-state index < -0.39 is 35.2 Å². The summed E-state index contributed by atoms with van der Waals surface area (Å²) in [4.78, 5) is 3.16. The highest BCUT2D eigenvalue weighted by Crippen LogP contribution is 2.37. The van der Waals surface area contributed by atoms with E-state index in [1.54, 1.807) is 36.4 Å². The van der Waals surface area contributed by atoms with Crippen LogP contribution in [0.2, 0.25) is 0 Å². The van der Waals surface area contributed by atoms with Crippen LogP contribution >= 0.6 is 0 Å². The van der Waals surface area contributed by atoms with Crippen molar-refractivity contribution in [3.8, 4) is 5.75 Å². The number of phenols is 1. The Bertz CT molecular complexity index is 2370. The van der Waals surface area contributed by atoms with Crippen LogP contribution in [0.3, 0.4) is 0 Å². The Morgan fingerprint density at radius 3 is 1.71 bits per heavy atom. The number of anilines is 1. The van der Waals surface area contributed by atoms with Gasteiger partial charge in [0.2, 0.25) is 0 Å². The Morgan fingerprint density at radius 2 is 1.21 bits per heavy atom. The van der Waals surface area contributed by atoms with E-state index in [1.807, 2.05) is 55.2 Å². The van der Waals surface area contributed by atoms with Gasteiger partial charge in [0.15, 0.2) is 0 Å². The summed E-state index contributed by atoms with van der Waals surface area (Å²) in [5.74, 6) is -0.348. The molecule has 0 bridgehead atoms. The number of likely N-dealkylation sites (N-methyl/N-ethyl adjacent to an activating group) is 1. The quantitative estimate of drug-likeness (QED) is 0.117. The Balaban J connectivity index is 1.52. The molecule has 4 N–H and O–H groups in total. The molecule has 12 nitrogen and oxygen atoms in total. The van der Waals surface area contributed by atoms with Crippen LogP contribution in [-0.2, 0) is 43.4 Å². The second kappa shape index (κ2) is 15.6. The summed E-state index contributed by atoms with van der Waals surface area (Å²) in [5, 5.41) is 10.2. The number of nitrogens with zero attached hydrogens (tertiary/aromatic N) is 2. The molecule has 52 heavy (non-hydrogen) atoms. The van der Waals surface area contributed by atoms with E-state index in [-0.39, 0.29) is 27.1 Å². The van der Waals surface area contributed by atoms with Gasteiger partial charge in [-0.05, 0) is 89.8 Å². The molecule has 4 aromatic rings. The highest BCUT2D eigenvalue weighted by atomic mass is 32.2. The molecule has 0 heterocycles.